The van der Waals surface area contributed by atoms with Crippen LogP contribution in [-0.2, 0) is 11.8 Å². The van der Waals surface area contributed by atoms with Crippen LogP contribution in [0.3, 0.4) is 0 Å². The van der Waals surface area contributed by atoms with Gasteiger partial charge in [0.15, 0.2) is 5.82 Å². The first kappa shape index (κ1) is 20.4. The lowest BCUT2D eigenvalue weighted by Gasteiger charge is -2.47. The predicted molar refractivity (Wildman–Crippen MR) is 127 cm³/mol. The second-order valence-corrected chi connectivity index (χ2v) is 9.41. The van der Waals surface area contributed by atoms with Gasteiger partial charge in [0.05, 0.1) is 30.8 Å². The molecular weight excluding hydrogens is 418 g/mol. The van der Waals surface area contributed by atoms with Gasteiger partial charge in [0.1, 0.15) is 5.75 Å². The highest BCUT2D eigenvalue weighted by Crippen LogP contribution is 2.39. The molecule has 1 aromatic carbocycles. The van der Waals surface area contributed by atoms with E-state index in [-0.39, 0.29) is 5.75 Å². The van der Waals surface area contributed by atoms with Crippen molar-refractivity contribution < 1.29 is 9.84 Å². The van der Waals surface area contributed by atoms with E-state index in [9.17, 15) is 5.11 Å². The van der Waals surface area contributed by atoms with E-state index < -0.39 is 0 Å². The third-order valence-electron chi connectivity index (χ3n) is 7.09. The summed E-state index contributed by atoms with van der Waals surface area (Å²) in [5.74, 6) is 1.12. The summed E-state index contributed by atoms with van der Waals surface area (Å²) in [5, 5.41) is 27.9. The molecule has 2 bridgehead atoms. The monoisotopic (exact) mass is 447 g/mol. The first-order valence-electron chi connectivity index (χ1n) is 11.6. The molecule has 0 amide bonds. The zero-order chi connectivity index (χ0) is 22.5. The van der Waals surface area contributed by atoms with Crippen LogP contribution in [0.2, 0.25) is 0 Å². The lowest BCUT2D eigenvalue weighted by Crippen LogP contribution is -2.60. The molecule has 3 atom stereocenters. The number of fused-ring (bicyclic) bond motifs is 3. The highest BCUT2D eigenvalue weighted by Gasteiger charge is 2.37. The predicted octanol–water partition coefficient (Wildman–Crippen LogP) is 2.03. The van der Waals surface area contributed by atoms with E-state index in [1.165, 1.54) is 0 Å². The van der Waals surface area contributed by atoms with Crippen molar-refractivity contribution in [2.45, 2.75) is 31.0 Å². The molecular formula is C24H29N7O2. The molecule has 0 unspecified atom stereocenters. The molecule has 2 fully saturated rings. The topological polar surface area (TPSA) is 91.6 Å². The van der Waals surface area contributed by atoms with E-state index in [1.54, 1.807) is 16.9 Å². The minimum Gasteiger partial charge on any atom is -0.507 e. The molecule has 2 aromatic heterocycles. The highest BCUT2D eigenvalue weighted by molar-refractivity contribution is 5.79. The van der Waals surface area contributed by atoms with Crippen LogP contribution in [-0.4, -0.2) is 76.6 Å². The number of hydrogen-bond donors (Lipinski definition) is 2. The van der Waals surface area contributed by atoms with Gasteiger partial charge >= 0.3 is 0 Å². The number of benzene rings is 1. The Labute approximate surface area is 193 Å². The Kier molecular flexibility index (Phi) is 4.95. The van der Waals surface area contributed by atoms with Crippen LogP contribution in [0, 0.1) is 0 Å². The van der Waals surface area contributed by atoms with Crippen molar-refractivity contribution in [2.24, 2.45) is 7.05 Å². The SMILES string of the molecule is CN1CCN([C@@H]2C[C@H]3COC[C@@H](C2)N3)c2nnc(-c3ccc(-c4cnn(C)c4)cc3O)cc21. The van der Waals surface area contributed by atoms with E-state index in [2.05, 4.69) is 43.5 Å². The minimum absolute atomic E-state index is 0.187. The summed E-state index contributed by atoms with van der Waals surface area (Å²) in [6.45, 7) is 3.44. The molecule has 0 saturated carbocycles. The Morgan fingerprint density at radius 2 is 1.85 bits per heavy atom. The first-order chi connectivity index (χ1) is 16.0. The van der Waals surface area contributed by atoms with Gasteiger partial charge in [-0.3, -0.25) is 4.68 Å². The number of aryl methyl sites for hydroxylation is 1. The Balaban J connectivity index is 1.31. The summed E-state index contributed by atoms with van der Waals surface area (Å²) in [5.41, 5.74) is 4.29. The number of piperidine rings is 1. The zero-order valence-electron chi connectivity index (χ0n) is 19.0. The maximum atomic E-state index is 10.8. The van der Waals surface area contributed by atoms with Gasteiger partial charge in [-0.1, -0.05) is 6.07 Å². The minimum atomic E-state index is 0.187. The van der Waals surface area contributed by atoms with Gasteiger partial charge in [-0.05, 0) is 36.6 Å². The summed E-state index contributed by atoms with van der Waals surface area (Å²) in [6, 6.07) is 8.96. The van der Waals surface area contributed by atoms with Crippen molar-refractivity contribution in [1.29, 1.82) is 0 Å². The van der Waals surface area contributed by atoms with Gasteiger partial charge in [0.25, 0.3) is 0 Å². The summed E-state index contributed by atoms with van der Waals surface area (Å²) in [7, 11) is 3.97. The number of morpholine rings is 1. The van der Waals surface area contributed by atoms with E-state index in [4.69, 9.17) is 4.74 Å². The fourth-order valence-corrected chi connectivity index (χ4v) is 5.39. The standard InChI is InChI=1S/C24H29N7O2/c1-29-5-6-31(19-8-17-13-33-14-18(9-19)26-17)24-22(29)10-21(27-28-24)20-4-3-15(7-23(20)32)16-11-25-30(2)12-16/h3-4,7,10-12,17-19,26,32H,5-6,8-9,13-14H2,1-2H3/t17-,18+,19+. The van der Waals surface area contributed by atoms with Gasteiger partial charge in [-0.15, -0.1) is 10.2 Å². The summed E-state index contributed by atoms with van der Waals surface area (Å²) < 4.78 is 7.48. The van der Waals surface area contributed by atoms with Gasteiger partial charge in [-0.2, -0.15) is 5.10 Å². The molecule has 5 heterocycles. The number of aromatic hydroxyl groups is 1. The average Bonchev–Trinajstić information content (AvgIpc) is 3.25. The molecule has 0 radical (unpaired) electrons. The van der Waals surface area contributed by atoms with Gasteiger partial charge in [0, 0.05) is 62.6 Å². The molecule has 0 spiro atoms. The quantitative estimate of drug-likeness (QED) is 0.630. The van der Waals surface area contributed by atoms with Crippen molar-refractivity contribution in [2.75, 3.05) is 43.2 Å². The number of rotatable bonds is 3. The molecule has 172 valence electrons. The van der Waals surface area contributed by atoms with Gasteiger partial charge in [0.2, 0.25) is 0 Å². The summed E-state index contributed by atoms with van der Waals surface area (Å²) >= 11 is 0. The Morgan fingerprint density at radius 1 is 1.03 bits per heavy atom. The molecule has 0 aliphatic carbocycles. The van der Waals surface area contributed by atoms with Crippen LogP contribution in [0.1, 0.15) is 12.8 Å². The van der Waals surface area contributed by atoms with Crippen molar-refractivity contribution >= 4 is 11.5 Å². The number of phenolic OH excluding ortho intramolecular Hbond substituents is 1. The van der Waals surface area contributed by atoms with Crippen LogP contribution in [0.4, 0.5) is 11.5 Å². The molecule has 6 rings (SSSR count). The Morgan fingerprint density at radius 3 is 2.58 bits per heavy atom. The molecule has 2 N–H and O–H groups in total. The maximum Gasteiger partial charge on any atom is 0.175 e. The number of aromatic nitrogens is 4. The molecule has 9 heteroatoms. The second kappa shape index (κ2) is 8.00. The highest BCUT2D eigenvalue weighted by atomic mass is 16.5. The summed E-state index contributed by atoms with van der Waals surface area (Å²) in [6.07, 6.45) is 5.83. The Bertz CT molecular complexity index is 1170. The second-order valence-electron chi connectivity index (χ2n) is 9.41. The molecule has 9 nitrogen and oxygen atoms in total. The van der Waals surface area contributed by atoms with Gasteiger partial charge < -0.3 is 25.0 Å². The fraction of sp³-hybridized carbons (Fsp3) is 0.458. The molecule has 33 heavy (non-hydrogen) atoms. The lowest BCUT2D eigenvalue weighted by atomic mass is 9.91. The van der Waals surface area contributed by atoms with Crippen molar-refractivity contribution in [1.82, 2.24) is 25.3 Å². The van der Waals surface area contributed by atoms with E-state index in [0.717, 1.165) is 61.8 Å². The third-order valence-corrected chi connectivity index (χ3v) is 7.09. The van der Waals surface area contributed by atoms with Crippen LogP contribution in [0.5, 0.6) is 5.75 Å². The molecule has 3 aromatic rings. The molecule has 2 saturated heterocycles. The normalized spacial score (nSPS) is 24.6. The number of nitrogens with zero attached hydrogens (tertiary/aromatic N) is 6. The van der Waals surface area contributed by atoms with Crippen molar-refractivity contribution in [3.63, 3.8) is 0 Å². The number of anilines is 2. The number of hydrogen-bond acceptors (Lipinski definition) is 8. The van der Waals surface area contributed by atoms with Crippen molar-refractivity contribution in [3.05, 3.63) is 36.7 Å². The molecule has 3 aliphatic rings. The average molecular weight is 448 g/mol. The smallest absolute Gasteiger partial charge is 0.175 e. The number of phenols is 1. The summed E-state index contributed by atoms with van der Waals surface area (Å²) in [4.78, 5) is 4.67. The van der Waals surface area contributed by atoms with E-state index in [0.29, 0.717) is 29.4 Å². The van der Waals surface area contributed by atoms with Crippen LogP contribution in [0.15, 0.2) is 36.7 Å². The fourth-order valence-electron chi connectivity index (χ4n) is 5.39. The largest absolute Gasteiger partial charge is 0.507 e. The first-order valence-corrected chi connectivity index (χ1v) is 11.6. The van der Waals surface area contributed by atoms with Gasteiger partial charge in [-0.25, -0.2) is 0 Å². The third kappa shape index (κ3) is 3.71. The van der Waals surface area contributed by atoms with Crippen LogP contribution >= 0.6 is 0 Å². The number of likely N-dealkylation sites (N-methyl/N-ethyl adjacent to an activating group) is 1. The van der Waals surface area contributed by atoms with E-state index >= 15 is 0 Å². The van der Waals surface area contributed by atoms with Crippen LogP contribution in [0.25, 0.3) is 22.4 Å². The number of ether oxygens (including phenoxy) is 1. The van der Waals surface area contributed by atoms with Crippen molar-refractivity contribution in [3.8, 4) is 28.1 Å². The maximum absolute atomic E-state index is 10.8. The zero-order valence-corrected chi connectivity index (χ0v) is 19.0. The lowest BCUT2D eigenvalue weighted by molar-refractivity contribution is 0.0178. The van der Waals surface area contributed by atoms with E-state index in [1.807, 2.05) is 25.4 Å². The van der Waals surface area contributed by atoms with Crippen LogP contribution < -0.4 is 15.1 Å². The number of nitrogens with one attached hydrogen (secondary N) is 1. The Hall–Kier alpha value is -3.17. The molecule has 3 aliphatic heterocycles.